The second-order valence-corrected chi connectivity index (χ2v) is 8.70. The number of nitrogens with one attached hydrogen (secondary N) is 1. The van der Waals surface area contributed by atoms with Gasteiger partial charge in [0.25, 0.3) is 5.91 Å². The van der Waals surface area contributed by atoms with Gasteiger partial charge in [0.15, 0.2) is 15.0 Å². The van der Waals surface area contributed by atoms with Crippen molar-refractivity contribution < 1.29 is 13.2 Å². The van der Waals surface area contributed by atoms with Crippen molar-refractivity contribution in [1.82, 2.24) is 4.98 Å². The van der Waals surface area contributed by atoms with Crippen molar-refractivity contribution in [2.24, 2.45) is 0 Å². The molecule has 1 aromatic heterocycles. The normalized spacial score (nSPS) is 11.6. The van der Waals surface area contributed by atoms with Gasteiger partial charge in [-0.1, -0.05) is 42.0 Å². The average Bonchev–Trinajstić information content (AvgIpc) is 2.96. The molecule has 5 nitrogen and oxygen atoms in total. The third-order valence-electron chi connectivity index (χ3n) is 3.42. The van der Waals surface area contributed by atoms with E-state index in [9.17, 15) is 13.2 Å². The van der Waals surface area contributed by atoms with Gasteiger partial charge in [-0.15, -0.1) is 0 Å². The standard InChI is InChI=1S/C16H13ClN2O3S2/c1-2-24(21,22)14-6-4-3-5-11(14)15(20)19-16-18-12-9-10(17)7-8-13(12)23-16/h3-9H,2H2,1H3,(H,18,19,20). The highest BCUT2D eigenvalue weighted by Gasteiger charge is 2.21. The minimum absolute atomic E-state index is 0.0224. The number of fused-ring (bicyclic) bond motifs is 1. The summed E-state index contributed by atoms with van der Waals surface area (Å²) in [5.74, 6) is -0.579. The van der Waals surface area contributed by atoms with E-state index >= 15 is 0 Å². The van der Waals surface area contributed by atoms with Crippen molar-refractivity contribution >= 4 is 54.0 Å². The quantitative estimate of drug-likeness (QED) is 0.742. The molecule has 3 aromatic rings. The molecule has 124 valence electrons. The fourth-order valence-electron chi connectivity index (χ4n) is 2.20. The summed E-state index contributed by atoms with van der Waals surface area (Å²) in [5.41, 5.74) is 0.786. The lowest BCUT2D eigenvalue weighted by molar-refractivity contribution is 0.102. The summed E-state index contributed by atoms with van der Waals surface area (Å²) in [5, 5.41) is 3.61. The maximum atomic E-state index is 12.5. The number of thiazole rings is 1. The van der Waals surface area contributed by atoms with Gasteiger partial charge in [-0.3, -0.25) is 10.1 Å². The van der Waals surface area contributed by atoms with E-state index in [0.717, 1.165) is 4.70 Å². The molecule has 0 unspecified atom stereocenters. The van der Waals surface area contributed by atoms with Gasteiger partial charge in [-0.05, 0) is 30.3 Å². The van der Waals surface area contributed by atoms with Crippen LogP contribution in [-0.2, 0) is 9.84 Å². The molecular formula is C16H13ClN2O3S2. The zero-order valence-corrected chi connectivity index (χ0v) is 15.0. The van der Waals surface area contributed by atoms with E-state index in [0.29, 0.717) is 15.7 Å². The van der Waals surface area contributed by atoms with Crippen molar-refractivity contribution in [3.63, 3.8) is 0 Å². The van der Waals surface area contributed by atoms with Crippen LogP contribution < -0.4 is 5.32 Å². The Morgan fingerprint density at radius 1 is 1.25 bits per heavy atom. The summed E-state index contributed by atoms with van der Waals surface area (Å²) < 4.78 is 25.2. The van der Waals surface area contributed by atoms with Crippen LogP contribution in [0.1, 0.15) is 17.3 Å². The Labute approximate surface area is 148 Å². The predicted octanol–water partition coefficient (Wildman–Crippen LogP) is 4.00. The van der Waals surface area contributed by atoms with Crippen molar-refractivity contribution in [1.29, 1.82) is 0 Å². The highest BCUT2D eigenvalue weighted by atomic mass is 35.5. The second-order valence-electron chi connectivity index (χ2n) is 4.98. The number of sulfone groups is 1. The van der Waals surface area contributed by atoms with E-state index in [-0.39, 0.29) is 16.2 Å². The van der Waals surface area contributed by atoms with Crippen LogP contribution >= 0.6 is 22.9 Å². The molecule has 0 aliphatic rings. The Kier molecular flexibility index (Phi) is 4.58. The maximum absolute atomic E-state index is 12.5. The van der Waals surface area contributed by atoms with Crippen LogP contribution in [0.15, 0.2) is 47.4 Å². The molecule has 0 spiro atoms. The molecule has 2 aromatic carbocycles. The zero-order chi connectivity index (χ0) is 17.3. The molecule has 3 rings (SSSR count). The molecule has 1 N–H and O–H groups in total. The van der Waals surface area contributed by atoms with Crippen molar-refractivity contribution in [2.75, 3.05) is 11.1 Å². The van der Waals surface area contributed by atoms with Crippen LogP contribution in [0.4, 0.5) is 5.13 Å². The summed E-state index contributed by atoms with van der Waals surface area (Å²) in [6, 6.07) is 11.4. The second kappa shape index (κ2) is 6.51. The first-order valence-electron chi connectivity index (χ1n) is 7.10. The first-order chi connectivity index (χ1) is 11.4. The van der Waals surface area contributed by atoms with E-state index in [2.05, 4.69) is 10.3 Å². The van der Waals surface area contributed by atoms with Crippen molar-refractivity contribution in [3.8, 4) is 0 Å². The summed E-state index contributed by atoms with van der Waals surface area (Å²) in [7, 11) is -3.49. The predicted molar refractivity (Wildman–Crippen MR) is 96.8 cm³/mol. The lowest BCUT2D eigenvalue weighted by Gasteiger charge is -2.08. The minimum Gasteiger partial charge on any atom is -0.298 e. The van der Waals surface area contributed by atoms with Crippen LogP contribution in [0.3, 0.4) is 0 Å². The monoisotopic (exact) mass is 380 g/mol. The van der Waals surface area contributed by atoms with Gasteiger partial charge in [0.2, 0.25) is 0 Å². The van der Waals surface area contributed by atoms with E-state index in [4.69, 9.17) is 11.6 Å². The molecule has 0 fully saturated rings. The number of aromatic nitrogens is 1. The number of carbonyl (C=O) groups excluding carboxylic acids is 1. The van der Waals surface area contributed by atoms with E-state index in [1.165, 1.54) is 23.5 Å². The SMILES string of the molecule is CCS(=O)(=O)c1ccccc1C(=O)Nc1nc2cc(Cl)ccc2s1. The average molecular weight is 381 g/mol. The third kappa shape index (κ3) is 3.28. The molecule has 0 aliphatic heterocycles. The van der Waals surface area contributed by atoms with Gasteiger partial charge in [0, 0.05) is 5.02 Å². The molecule has 0 aliphatic carbocycles. The number of rotatable bonds is 4. The van der Waals surface area contributed by atoms with Crippen LogP contribution in [0.2, 0.25) is 5.02 Å². The highest BCUT2D eigenvalue weighted by molar-refractivity contribution is 7.91. The van der Waals surface area contributed by atoms with Gasteiger partial charge in [-0.25, -0.2) is 13.4 Å². The number of benzene rings is 2. The lowest BCUT2D eigenvalue weighted by atomic mass is 10.2. The molecule has 1 amide bonds. The largest absolute Gasteiger partial charge is 0.298 e. The highest BCUT2D eigenvalue weighted by Crippen LogP contribution is 2.28. The maximum Gasteiger partial charge on any atom is 0.258 e. The van der Waals surface area contributed by atoms with Crippen molar-refractivity contribution in [3.05, 3.63) is 53.1 Å². The number of anilines is 1. The van der Waals surface area contributed by atoms with E-state index in [1.54, 1.807) is 31.2 Å². The first-order valence-corrected chi connectivity index (χ1v) is 9.94. The molecule has 0 saturated heterocycles. The zero-order valence-electron chi connectivity index (χ0n) is 12.6. The molecule has 24 heavy (non-hydrogen) atoms. The molecular weight excluding hydrogens is 368 g/mol. The van der Waals surface area contributed by atoms with Crippen LogP contribution in [0.25, 0.3) is 10.2 Å². The van der Waals surface area contributed by atoms with Gasteiger partial charge in [0.1, 0.15) is 0 Å². The number of amides is 1. The summed E-state index contributed by atoms with van der Waals surface area (Å²) in [4.78, 5) is 16.8. The fourth-order valence-corrected chi connectivity index (χ4v) is 4.30. The molecule has 0 radical (unpaired) electrons. The van der Waals surface area contributed by atoms with Crippen LogP contribution in [0, 0.1) is 0 Å². The topological polar surface area (TPSA) is 76.1 Å². The molecule has 1 heterocycles. The number of hydrogen-bond donors (Lipinski definition) is 1. The minimum atomic E-state index is -3.49. The Balaban J connectivity index is 1.95. The number of hydrogen-bond acceptors (Lipinski definition) is 5. The van der Waals surface area contributed by atoms with Crippen molar-refractivity contribution in [2.45, 2.75) is 11.8 Å². The Morgan fingerprint density at radius 3 is 2.75 bits per heavy atom. The Hall–Kier alpha value is -1.96. The Bertz CT molecular complexity index is 1030. The molecule has 0 saturated carbocycles. The number of halogens is 1. The van der Waals surface area contributed by atoms with Gasteiger partial charge in [-0.2, -0.15) is 0 Å². The van der Waals surface area contributed by atoms with Gasteiger partial charge in [0.05, 0.1) is 26.4 Å². The summed E-state index contributed by atoms with van der Waals surface area (Å²) in [6.07, 6.45) is 0. The number of carbonyl (C=O) groups is 1. The van der Waals surface area contributed by atoms with Gasteiger partial charge < -0.3 is 0 Å². The molecule has 8 heteroatoms. The first kappa shape index (κ1) is 16.9. The molecule has 0 bridgehead atoms. The van der Waals surface area contributed by atoms with Crippen LogP contribution in [0.5, 0.6) is 0 Å². The van der Waals surface area contributed by atoms with Crippen LogP contribution in [-0.4, -0.2) is 25.1 Å². The number of nitrogens with zero attached hydrogens (tertiary/aromatic N) is 1. The summed E-state index contributed by atoms with van der Waals surface area (Å²) >= 11 is 7.22. The Morgan fingerprint density at radius 2 is 2.00 bits per heavy atom. The van der Waals surface area contributed by atoms with Gasteiger partial charge >= 0.3 is 0 Å². The smallest absolute Gasteiger partial charge is 0.258 e. The fraction of sp³-hybridized carbons (Fsp3) is 0.125. The third-order valence-corrected chi connectivity index (χ3v) is 6.39. The van der Waals surface area contributed by atoms with E-state index in [1.807, 2.05) is 6.07 Å². The van der Waals surface area contributed by atoms with E-state index < -0.39 is 15.7 Å². The summed E-state index contributed by atoms with van der Waals surface area (Å²) in [6.45, 7) is 1.54. The molecule has 0 atom stereocenters. The lowest BCUT2D eigenvalue weighted by Crippen LogP contribution is -2.17.